The molecule has 4 amide bonds. The Labute approximate surface area is 332 Å². The smallest absolute Gasteiger partial charge is 0.326 e. The number of benzene rings is 2. The number of methoxy groups -OCH3 is 2. The first-order valence-corrected chi connectivity index (χ1v) is 18.2. The van der Waals surface area contributed by atoms with Gasteiger partial charge in [-0.05, 0) is 48.1 Å². The van der Waals surface area contributed by atoms with Crippen LogP contribution in [0.4, 0.5) is 0 Å². The number of fused-ring (bicyclic) bond motifs is 3. The average molecular weight is 811 g/mol. The van der Waals surface area contributed by atoms with Gasteiger partial charge in [-0.1, -0.05) is 32.0 Å². The third-order valence-corrected chi connectivity index (χ3v) is 9.25. The van der Waals surface area contributed by atoms with E-state index in [-0.39, 0.29) is 42.7 Å². The summed E-state index contributed by atoms with van der Waals surface area (Å²) in [6, 6.07) is 6.44. The molecule has 0 saturated heterocycles. The van der Waals surface area contributed by atoms with Crippen molar-refractivity contribution in [2.45, 2.75) is 57.3 Å². The van der Waals surface area contributed by atoms with E-state index in [0.717, 1.165) is 22.2 Å². The Balaban J connectivity index is 1.50. The number of para-hydroxylation sites is 1. The number of nitrogens with zero attached hydrogens (tertiary/aromatic N) is 2. The highest BCUT2D eigenvalue weighted by Gasteiger charge is 2.36. The first-order valence-electron chi connectivity index (χ1n) is 18.2. The summed E-state index contributed by atoms with van der Waals surface area (Å²) >= 11 is 0. The van der Waals surface area contributed by atoms with Gasteiger partial charge in [0.05, 0.1) is 45.8 Å². The van der Waals surface area contributed by atoms with E-state index in [9.17, 15) is 44.1 Å². The Hall–Kier alpha value is -6.61. The molecule has 0 fully saturated rings. The molecule has 21 heteroatoms. The number of nitrogens with one attached hydrogen (secondary N) is 6. The van der Waals surface area contributed by atoms with Crippen LogP contribution in [0.25, 0.3) is 10.9 Å². The summed E-state index contributed by atoms with van der Waals surface area (Å²) in [5.74, 6) is -6.52. The van der Waals surface area contributed by atoms with Gasteiger partial charge in [-0.3, -0.25) is 39.7 Å². The summed E-state index contributed by atoms with van der Waals surface area (Å²) in [5.41, 5.74) is 16.8. The Morgan fingerprint density at radius 2 is 1.67 bits per heavy atom. The highest BCUT2D eigenvalue weighted by molar-refractivity contribution is 5.94. The fraction of sp³-hybridized carbons (Fsp3) is 0.432. The third-order valence-electron chi connectivity index (χ3n) is 9.25. The normalized spacial score (nSPS) is 15.8. The van der Waals surface area contributed by atoms with E-state index in [0.29, 0.717) is 12.0 Å². The van der Waals surface area contributed by atoms with Crippen LogP contribution in [0, 0.1) is 5.92 Å². The fourth-order valence-electron chi connectivity index (χ4n) is 6.43. The van der Waals surface area contributed by atoms with E-state index < -0.39 is 85.2 Å². The van der Waals surface area contributed by atoms with Crippen molar-refractivity contribution in [2.24, 2.45) is 22.4 Å². The molecule has 0 aliphatic carbocycles. The predicted octanol–water partition coefficient (Wildman–Crippen LogP) is -1.21. The lowest BCUT2D eigenvalue weighted by Crippen LogP contribution is -2.57. The molecule has 4 rings (SSSR count). The van der Waals surface area contributed by atoms with Gasteiger partial charge in [-0.25, -0.2) is 9.80 Å². The van der Waals surface area contributed by atoms with E-state index in [1.807, 2.05) is 24.3 Å². The van der Waals surface area contributed by atoms with Gasteiger partial charge in [0.2, 0.25) is 23.5 Å². The highest BCUT2D eigenvalue weighted by Crippen LogP contribution is 2.42. The van der Waals surface area contributed by atoms with Crippen molar-refractivity contribution in [3.05, 3.63) is 53.2 Å². The maximum atomic E-state index is 14.1. The lowest BCUT2D eigenvalue weighted by molar-refractivity contribution is -0.144. The second kappa shape index (κ2) is 20.0. The summed E-state index contributed by atoms with van der Waals surface area (Å²) in [7, 11) is 2.81. The van der Waals surface area contributed by atoms with Crippen molar-refractivity contribution < 1.29 is 53.6 Å². The molecule has 1 aliphatic rings. The zero-order chi connectivity index (χ0) is 42.7. The number of aliphatic carboxylic acids is 2. The fourth-order valence-corrected chi connectivity index (χ4v) is 6.43. The van der Waals surface area contributed by atoms with Crippen LogP contribution in [0.15, 0.2) is 41.4 Å². The number of phenolic OH excluding ortho intramolecular Hbond substituents is 1. The molecule has 21 nitrogen and oxygen atoms in total. The molecule has 0 spiro atoms. The minimum Gasteiger partial charge on any atom is -0.502 e. The summed E-state index contributed by atoms with van der Waals surface area (Å²) in [4.78, 5) is 83.2. The quantitative estimate of drug-likeness (QED) is 0.0276. The molecular formula is C37H50N10O11. The molecule has 4 atom stereocenters. The number of aromatic hydroxyl groups is 1. The summed E-state index contributed by atoms with van der Waals surface area (Å²) in [6.07, 6.45) is -0.306. The number of aromatic amines is 1. The number of rotatable bonds is 20. The van der Waals surface area contributed by atoms with Crippen LogP contribution in [0.1, 0.15) is 49.6 Å². The average Bonchev–Trinajstić information content (AvgIpc) is 3.55. The van der Waals surface area contributed by atoms with Crippen LogP contribution >= 0.6 is 0 Å². The summed E-state index contributed by atoms with van der Waals surface area (Å²) in [5, 5.41) is 41.7. The lowest BCUT2D eigenvalue weighted by Gasteiger charge is -2.33. The molecule has 0 saturated carbocycles. The van der Waals surface area contributed by atoms with Gasteiger partial charge < -0.3 is 57.2 Å². The van der Waals surface area contributed by atoms with Crippen molar-refractivity contribution in [1.29, 1.82) is 0 Å². The number of hydrogen-bond donors (Lipinski definition) is 11. The number of aliphatic imine (C=N–C) groups is 1. The number of carboxylic acids is 2. The van der Waals surface area contributed by atoms with Crippen molar-refractivity contribution >= 4 is 52.4 Å². The largest absolute Gasteiger partial charge is 0.502 e. The van der Waals surface area contributed by atoms with Gasteiger partial charge in [0, 0.05) is 29.7 Å². The van der Waals surface area contributed by atoms with Gasteiger partial charge in [0.1, 0.15) is 12.1 Å². The van der Waals surface area contributed by atoms with Gasteiger partial charge in [-0.15, -0.1) is 0 Å². The van der Waals surface area contributed by atoms with E-state index >= 15 is 0 Å². The zero-order valence-corrected chi connectivity index (χ0v) is 32.5. The highest BCUT2D eigenvalue weighted by atomic mass is 16.5. The maximum absolute atomic E-state index is 14.1. The molecule has 1 unspecified atom stereocenters. The zero-order valence-electron chi connectivity index (χ0n) is 32.5. The van der Waals surface area contributed by atoms with E-state index in [4.69, 9.17) is 20.9 Å². The van der Waals surface area contributed by atoms with Crippen LogP contribution in [-0.2, 0) is 35.2 Å². The molecule has 314 valence electrons. The number of nitrogens with two attached hydrogens (primary N) is 2. The molecule has 1 aliphatic heterocycles. The predicted molar refractivity (Wildman–Crippen MR) is 209 cm³/mol. The second-order valence-electron chi connectivity index (χ2n) is 13.8. The molecule has 0 radical (unpaired) electrons. The number of H-pyrrole nitrogens is 1. The molecule has 3 aromatic rings. The van der Waals surface area contributed by atoms with Gasteiger partial charge in [-0.2, -0.15) is 0 Å². The standard InChI is InChI=1S/C37H50N10O11/c1-18(2)30(36(55)56)45-34(53)24(15-29(50)51)42-27(48)16-41-28(49)17-47(11-7-10-40-37(38)39)46-35(54)23-14-21-20-8-5-6-9-22(20)43-32(21)31(44-23)19-12-25(57-3)33(52)26(13-19)58-4/h5-6,8-9,12-13,18,23-24,30-31,43-44,52H,7,10-11,14-17H2,1-4H3,(H,41,49)(H,42,48)(H,45,53)(H,46,54)(H,50,51)(H,55,56)(H4,38,39,40)/t23-,24+,30-,31?/m0/s1. The molecule has 13 N–H and O–H groups in total. The number of ether oxygens (including phenoxy) is 2. The number of amides is 4. The molecular weight excluding hydrogens is 760 g/mol. The molecule has 0 bridgehead atoms. The van der Waals surface area contributed by atoms with Crippen LogP contribution in [-0.4, -0.2) is 125 Å². The van der Waals surface area contributed by atoms with Crippen molar-refractivity contribution in [3.63, 3.8) is 0 Å². The maximum Gasteiger partial charge on any atom is 0.326 e. The van der Waals surface area contributed by atoms with Crippen molar-refractivity contribution in [3.8, 4) is 17.2 Å². The number of hydrogen-bond acceptors (Lipinski definition) is 12. The summed E-state index contributed by atoms with van der Waals surface area (Å²) in [6.45, 7) is 2.21. The number of carboxylic acid groups (broad SMARTS) is 2. The van der Waals surface area contributed by atoms with E-state index in [1.54, 1.807) is 26.0 Å². The second-order valence-corrected chi connectivity index (χ2v) is 13.8. The monoisotopic (exact) mass is 810 g/mol. The lowest BCUT2D eigenvalue weighted by atomic mass is 9.89. The number of carbonyl (C=O) groups excluding carboxylic acids is 4. The summed E-state index contributed by atoms with van der Waals surface area (Å²) < 4.78 is 10.8. The number of carbonyl (C=O) groups is 6. The first-order chi connectivity index (χ1) is 27.5. The van der Waals surface area contributed by atoms with Crippen LogP contribution in [0.2, 0.25) is 0 Å². The Morgan fingerprint density at radius 3 is 2.28 bits per heavy atom. The number of aromatic nitrogens is 1. The Bertz CT molecular complexity index is 2010. The van der Waals surface area contributed by atoms with Crippen molar-refractivity contribution in [2.75, 3.05) is 40.4 Å². The molecule has 1 aromatic heterocycles. The van der Waals surface area contributed by atoms with Crippen molar-refractivity contribution in [1.82, 2.24) is 36.7 Å². The van der Waals surface area contributed by atoms with Crippen LogP contribution < -0.4 is 47.6 Å². The van der Waals surface area contributed by atoms with Crippen LogP contribution in [0.5, 0.6) is 17.2 Å². The molecule has 2 aromatic carbocycles. The van der Waals surface area contributed by atoms with E-state index in [2.05, 4.69) is 36.7 Å². The van der Waals surface area contributed by atoms with Gasteiger partial charge in [0.25, 0.3) is 5.91 Å². The number of phenols is 1. The number of hydrazine groups is 1. The Morgan fingerprint density at radius 1 is 1.00 bits per heavy atom. The molecule has 2 heterocycles. The topological polar surface area (TPSA) is 325 Å². The molecule has 58 heavy (non-hydrogen) atoms. The number of guanidine groups is 1. The van der Waals surface area contributed by atoms with Crippen LogP contribution in [0.3, 0.4) is 0 Å². The minimum atomic E-state index is -1.64. The van der Waals surface area contributed by atoms with E-state index in [1.165, 1.54) is 19.2 Å². The van der Waals surface area contributed by atoms with Gasteiger partial charge >= 0.3 is 11.9 Å². The first kappa shape index (κ1) is 44.1. The minimum absolute atomic E-state index is 0.0877. The SMILES string of the molecule is COc1cc(C2N[C@H](C(=O)NN(CCCN=C(N)N)CC(=O)NCC(=O)N[C@H](CC(=O)O)C(=O)N[C@H](C(=O)O)C(C)C)Cc3c2[nH]c2ccccc32)cc(OC)c1O. The third kappa shape index (κ3) is 11.5. The van der Waals surface area contributed by atoms with Gasteiger partial charge in [0.15, 0.2) is 17.5 Å². The Kier molecular flexibility index (Phi) is 15.2.